The summed E-state index contributed by atoms with van der Waals surface area (Å²) in [5.41, 5.74) is 4.53. The highest BCUT2D eigenvalue weighted by Crippen LogP contribution is 2.18. The highest BCUT2D eigenvalue weighted by molar-refractivity contribution is 6.03. The number of benzene rings is 2. The zero-order valence-electron chi connectivity index (χ0n) is 17.1. The molecule has 3 rings (SSSR count). The Labute approximate surface area is 172 Å². The predicted molar refractivity (Wildman–Crippen MR) is 118 cm³/mol. The molecule has 1 aromatic heterocycles. The van der Waals surface area contributed by atoms with E-state index in [4.69, 9.17) is 0 Å². The number of carbonyl (C=O) groups excluding carboxylic acids is 1. The monoisotopic (exact) mass is 389 g/mol. The van der Waals surface area contributed by atoms with E-state index in [9.17, 15) is 4.79 Å². The molecule has 29 heavy (non-hydrogen) atoms. The van der Waals surface area contributed by atoms with Crippen LogP contribution in [0.15, 0.2) is 60.8 Å². The molecule has 1 heterocycles. The van der Waals surface area contributed by atoms with Crippen LogP contribution in [0.3, 0.4) is 0 Å². The van der Waals surface area contributed by atoms with Crippen LogP contribution in [0.1, 0.15) is 35.5 Å². The number of nitrogens with one attached hydrogen (secondary N) is 2. The lowest BCUT2D eigenvalue weighted by Gasteiger charge is -2.21. The van der Waals surface area contributed by atoms with E-state index in [1.807, 2.05) is 24.3 Å². The van der Waals surface area contributed by atoms with Gasteiger partial charge >= 0.3 is 0 Å². The van der Waals surface area contributed by atoms with Crippen molar-refractivity contribution in [2.75, 3.05) is 28.6 Å². The molecule has 0 aliphatic heterocycles. The summed E-state index contributed by atoms with van der Waals surface area (Å²) < 4.78 is 0. The Hall–Kier alpha value is -3.41. The van der Waals surface area contributed by atoms with Gasteiger partial charge in [0, 0.05) is 37.2 Å². The van der Waals surface area contributed by atoms with E-state index in [0.29, 0.717) is 18.2 Å². The van der Waals surface area contributed by atoms with Crippen LogP contribution in [-0.4, -0.2) is 29.0 Å². The fourth-order valence-corrected chi connectivity index (χ4v) is 3.00. The topological polar surface area (TPSA) is 70.2 Å². The predicted octanol–water partition coefficient (Wildman–Crippen LogP) is 4.50. The maximum atomic E-state index is 12.6. The average molecular weight is 390 g/mol. The molecule has 0 unspecified atom stereocenters. The standard InChI is InChI=1S/C23H27N5O/c1-4-28(5-2)20-12-10-19(11-13-20)26-22(29)21-14-15-24-23(27-21)25-16-18-8-6-17(3)7-9-18/h6-15H,4-5,16H2,1-3H3,(H,26,29)(H,24,25,27). The summed E-state index contributed by atoms with van der Waals surface area (Å²) in [6.45, 7) is 8.79. The molecule has 0 radical (unpaired) electrons. The number of aromatic nitrogens is 2. The Morgan fingerprint density at radius 3 is 2.31 bits per heavy atom. The number of hydrogen-bond acceptors (Lipinski definition) is 5. The third-order valence-corrected chi connectivity index (χ3v) is 4.71. The lowest BCUT2D eigenvalue weighted by molar-refractivity contribution is 0.102. The van der Waals surface area contributed by atoms with Gasteiger partial charge in [-0.2, -0.15) is 0 Å². The zero-order chi connectivity index (χ0) is 20.6. The first-order chi connectivity index (χ1) is 14.1. The molecule has 2 aromatic carbocycles. The van der Waals surface area contributed by atoms with Gasteiger partial charge in [0.2, 0.25) is 5.95 Å². The fourth-order valence-electron chi connectivity index (χ4n) is 3.00. The van der Waals surface area contributed by atoms with Gasteiger partial charge in [-0.1, -0.05) is 29.8 Å². The van der Waals surface area contributed by atoms with Crippen LogP contribution in [0.25, 0.3) is 0 Å². The summed E-state index contributed by atoms with van der Waals surface area (Å²) in [7, 11) is 0. The minimum absolute atomic E-state index is 0.263. The normalized spacial score (nSPS) is 10.4. The third kappa shape index (κ3) is 5.54. The summed E-state index contributed by atoms with van der Waals surface area (Å²) in [6.07, 6.45) is 1.59. The Morgan fingerprint density at radius 1 is 0.966 bits per heavy atom. The minimum Gasteiger partial charge on any atom is -0.372 e. The number of aryl methyl sites for hydroxylation is 1. The Kier molecular flexibility index (Phi) is 6.79. The molecule has 150 valence electrons. The first kappa shape index (κ1) is 20.3. The molecule has 0 atom stereocenters. The second-order valence-electron chi connectivity index (χ2n) is 6.78. The highest BCUT2D eigenvalue weighted by atomic mass is 16.1. The Bertz CT molecular complexity index is 934. The summed E-state index contributed by atoms with van der Waals surface area (Å²) in [6, 6.07) is 17.7. The lowest BCUT2D eigenvalue weighted by atomic mass is 10.1. The van der Waals surface area contributed by atoms with Crippen molar-refractivity contribution in [1.29, 1.82) is 0 Å². The van der Waals surface area contributed by atoms with Gasteiger partial charge in [0.1, 0.15) is 5.69 Å². The van der Waals surface area contributed by atoms with Crippen molar-refractivity contribution >= 4 is 23.2 Å². The van der Waals surface area contributed by atoms with Crippen LogP contribution >= 0.6 is 0 Å². The molecule has 0 aliphatic rings. The number of anilines is 3. The minimum atomic E-state index is -0.263. The van der Waals surface area contributed by atoms with Crippen LogP contribution < -0.4 is 15.5 Å². The third-order valence-electron chi connectivity index (χ3n) is 4.71. The second-order valence-corrected chi connectivity index (χ2v) is 6.78. The van der Waals surface area contributed by atoms with Crippen molar-refractivity contribution in [3.05, 3.63) is 77.6 Å². The zero-order valence-corrected chi connectivity index (χ0v) is 17.1. The van der Waals surface area contributed by atoms with Gasteiger partial charge in [0.05, 0.1) is 0 Å². The molecule has 6 nitrogen and oxygen atoms in total. The van der Waals surface area contributed by atoms with E-state index < -0.39 is 0 Å². The molecular formula is C23H27N5O. The number of carbonyl (C=O) groups is 1. The van der Waals surface area contributed by atoms with Gasteiger partial charge in [0.25, 0.3) is 5.91 Å². The number of amides is 1. The van der Waals surface area contributed by atoms with Gasteiger partial charge in [0.15, 0.2) is 0 Å². The molecule has 0 bridgehead atoms. The number of hydrogen-bond donors (Lipinski definition) is 2. The summed E-state index contributed by atoms with van der Waals surface area (Å²) in [5, 5.41) is 6.06. The van der Waals surface area contributed by atoms with Crippen LogP contribution in [0, 0.1) is 6.92 Å². The number of rotatable bonds is 8. The van der Waals surface area contributed by atoms with Crippen LogP contribution in [0.4, 0.5) is 17.3 Å². The Balaban J connectivity index is 1.62. The van der Waals surface area contributed by atoms with Gasteiger partial charge in [-0.05, 0) is 56.7 Å². The second kappa shape index (κ2) is 9.68. The average Bonchev–Trinajstić information content (AvgIpc) is 2.75. The van der Waals surface area contributed by atoms with E-state index in [1.54, 1.807) is 12.3 Å². The van der Waals surface area contributed by atoms with Gasteiger partial charge < -0.3 is 15.5 Å². The van der Waals surface area contributed by atoms with E-state index in [0.717, 1.165) is 30.0 Å². The molecule has 0 spiro atoms. The van der Waals surface area contributed by atoms with Gasteiger partial charge in [-0.15, -0.1) is 0 Å². The molecule has 3 aromatic rings. The lowest BCUT2D eigenvalue weighted by Crippen LogP contribution is -2.21. The molecule has 0 aliphatic carbocycles. The molecule has 0 saturated carbocycles. The van der Waals surface area contributed by atoms with Crippen molar-refractivity contribution in [2.45, 2.75) is 27.3 Å². The van der Waals surface area contributed by atoms with E-state index in [1.165, 1.54) is 5.56 Å². The molecule has 1 amide bonds. The van der Waals surface area contributed by atoms with E-state index >= 15 is 0 Å². The maximum Gasteiger partial charge on any atom is 0.274 e. The highest BCUT2D eigenvalue weighted by Gasteiger charge is 2.10. The summed E-state index contributed by atoms with van der Waals surface area (Å²) in [4.78, 5) is 23.4. The quantitative estimate of drug-likeness (QED) is 0.594. The molecule has 6 heteroatoms. The van der Waals surface area contributed by atoms with Crippen molar-refractivity contribution in [1.82, 2.24) is 9.97 Å². The summed E-state index contributed by atoms with van der Waals surface area (Å²) in [5.74, 6) is 0.163. The van der Waals surface area contributed by atoms with Crippen LogP contribution in [0.5, 0.6) is 0 Å². The smallest absolute Gasteiger partial charge is 0.274 e. The van der Waals surface area contributed by atoms with Crippen molar-refractivity contribution in [2.24, 2.45) is 0 Å². The van der Waals surface area contributed by atoms with Crippen LogP contribution in [-0.2, 0) is 6.54 Å². The van der Waals surface area contributed by atoms with Crippen molar-refractivity contribution < 1.29 is 4.79 Å². The van der Waals surface area contributed by atoms with Gasteiger partial charge in [-0.3, -0.25) is 4.79 Å². The molecule has 2 N–H and O–H groups in total. The SMILES string of the molecule is CCN(CC)c1ccc(NC(=O)c2ccnc(NCc3ccc(C)cc3)n2)cc1. The van der Waals surface area contributed by atoms with E-state index in [2.05, 4.69) is 70.5 Å². The molecule has 0 fully saturated rings. The fraction of sp³-hybridized carbons (Fsp3) is 0.261. The number of nitrogens with zero attached hydrogens (tertiary/aromatic N) is 3. The largest absolute Gasteiger partial charge is 0.372 e. The van der Waals surface area contributed by atoms with Crippen LogP contribution in [0.2, 0.25) is 0 Å². The Morgan fingerprint density at radius 2 is 1.66 bits per heavy atom. The van der Waals surface area contributed by atoms with Gasteiger partial charge in [-0.25, -0.2) is 9.97 Å². The first-order valence-corrected chi connectivity index (χ1v) is 9.88. The van der Waals surface area contributed by atoms with Crippen molar-refractivity contribution in [3.8, 4) is 0 Å². The summed E-state index contributed by atoms with van der Waals surface area (Å²) >= 11 is 0. The van der Waals surface area contributed by atoms with Crippen molar-refractivity contribution in [3.63, 3.8) is 0 Å². The molecular weight excluding hydrogens is 362 g/mol. The molecule has 0 saturated heterocycles. The maximum absolute atomic E-state index is 12.6. The first-order valence-electron chi connectivity index (χ1n) is 9.88. The van der Waals surface area contributed by atoms with E-state index in [-0.39, 0.29) is 5.91 Å².